The average Bonchev–Trinajstić information content (AvgIpc) is 2.76. The van der Waals surface area contributed by atoms with Crippen LogP contribution in [-0.2, 0) is 6.54 Å². The van der Waals surface area contributed by atoms with E-state index in [-0.39, 0.29) is 10.7 Å². The summed E-state index contributed by atoms with van der Waals surface area (Å²) >= 11 is 5.86. The van der Waals surface area contributed by atoms with Gasteiger partial charge in [0.25, 0.3) is 0 Å². The van der Waals surface area contributed by atoms with Crippen molar-refractivity contribution in [3.63, 3.8) is 0 Å². The van der Waals surface area contributed by atoms with Crippen LogP contribution in [0.4, 0.5) is 13.2 Å². The van der Waals surface area contributed by atoms with Crippen LogP contribution in [0.2, 0.25) is 5.02 Å². The van der Waals surface area contributed by atoms with Crippen LogP contribution < -0.4 is 0 Å². The smallest absolute Gasteiger partial charge is 0.194 e. The van der Waals surface area contributed by atoms with Gasteiger partial charge in [0.2, 0.25) is 0 Å². The fraction of sp³-hybridized carbons (Fsp3) is 0.250. The fourth-order valence-electron chi connectivity index (χ4n) is 1.80. The Hall–Kier alpha value is -1.53. The highest BCUT2D eigenvalue weighted by Gasteiger charge is 2.25. The number of aryl methyl sites for hydroxylation is 1. The Kier molecular flexibility index (Phi) is 3.82. The second-order valence-corrected chi connectivity index (χ2v) is 4.27. The molecule has 0 bridgehead atoms. The van der Waals surface area contributed by atoms with Crippen LogP contribution >= 0.6 is 11.6 Å². The quantitative estimate of drug-likeness (QED) is 0.882. The Morgan fingerprint density at radius 2 is 2.00 bits per heavy atom. The van der Waals surface area contributed by atoms with Gasteiger partial charge in [-0.05, 0) is 19.1 Å². The third-order valence-corrected chi connectivity index (χ3v) is 3.04. The minimum Gasteiger partial charge on any atom is -0.382 e. The first-order valence-corrected chi connectivity index (χ1v) is 5.87. The highest BCUT2D eigenvalue weighted by Crippen LogP contribution is 2.30. The Balaban J connectivity index is 2.53. The van der Waals surface area contributed by atoms with Crippen molar-refractivity contribution in [3.8, 4) is 0 Å². The molecule has 1 aromatic carbocycles. The molecule has 1 unspecified atom stereocenters. The number of aromatic nitrogens is 2. The maximum absolute atomic E-state index is 13.6. The lowest BCUT2D eigenvalue weighted by molar-refractivity contribution is 0.201. The molecule has 1 heterocycles. The molecular formula is C12H10ClF3N2O. The van der Waals surface area contributed by atoms with Crippen LogP contribution in [-0.4, -0.2) is 14.9 Å². The number of nitrogens with zero attached hydrogens (tertiary/aromatic N) is 2. The van der Waals surface area contributed by atoms with E-state index >= 15 is 0 Å². The maximum Gasteiger partial charge on any atom is 0.194 e. The zero-order valence-corrected chi connectivity index (χ0v) is 10.6. The topological polar surface area (TPSA) is 38.0 Å². The van der Waals surface area contributed by atoms with Crippen molar-refractivity contribution in [2.45, 2.75) is 19.6 Å². The van der Waals surface area contributed by atoms with Gasteiger partial charge >= 0.3 is 0 Å². The molecular weight excluding hydrogens is 281 g/mol. The fourth-order valence-corrected chi connectivity index (χ4v) is 2.04. The van der Waals surface area contributed by atoms with E-state index in [1.807, 2.05) is 0 Å². The highest BCUT2D eigenvalue weighted by molar-refractivity contribution is 6.31. The van der Waals surface area contributed by atoms with E-state index in [2.05, 4.69) is 5.10 Å². The summed E-state index contributed by atoms with van der Waals surface area (Å²) in [6, 6.07) is 1.72. The Bertz CT molecular complexity index is 615. The lowest BCUT2D eigenvalue weighted by atomic mass is 10.1. The summed E-state index contributed by atoms with van der Waals surface area (Å²) in [5, 5.41) is 14.1. The molecule has 19 heavy (non-hydrogen) atoms. The molecule has 0 aliphatic heterocycles. The number of hydrogen-bond acceptors (Lipinski definition) is 2. The summed E-state index contributed by atoms with van der Waals surface area (Å²) in [5.74, 6) is -4.38. The van der Waals surface area contributed by atoms with Gasteiger partial charge in [-0.1, -0.05) is 11.6 Å². The molecule has 0 radical (unpaired) electrons. The summed E-state index contributed by atoms with van der Waals surface area (Å²) in [6.45, 7) is 2.14. The molecule has 2 rings (SSSR count). The van der Waals surface area contributed by atoms with Crippen LogP contribution in [0.5, 0.6) is 0 Å². The zero-order valence-electron chi connectivity index (χ0n) is 9.87. The maximum atomic E-state index is 13.6. The molecule has 102 valence electrons. The van der Waals surface area contributed by atoms with E-state index in [1.54, 1.807) is 6.92 Å². The van der Waals surface area contributed by atoms with Gasteiger partial charge in [0.15, 0.2) is 17.5 Å². The highest BCUT2D eigenvalue weighted by atomic mass is 35.5. The van der Waals surface area contributed by atoms with Gasteiger partial charge in [0, 0.05) is 12.1 Å². The average molecular weight is 291 g/mol. The lowest BCUT2D eigenvalue weighted by Gasteiger charge is -2.14. The summed E-state index contributed by atoms with van der Waals surface area (Å²) in [4.78, 5) is 0. The summed E-state index contributed by atoms with van der Waals surface area (Å²) < 4.78 is 41.0. The Morgan fingerprint density at radius 3 is 2.63 bits per heavy atom. The SMILES string of the molecule is CCn1ncc(Cl)c1C(O)c1ccc(F)c(F)c1F. The van der Waals surface area contributed by atoms with E-state index in [0.29, 0.717) is 6.54 Å². The minimum atomic E-state index is -1.63. The molecule has 1 atom stereocenters. The molecule has 1 N–H and O–H groups in total. The molecule has 0 fully saturated rings. The molecule has 0 aliphatic rings. The zero-order chi connectivity index (χ0) is 14.2. The number of hydrogen-bond donors (Lipinski definition) is 1. The third-order valence-electron chi connectivity index (χ3n) is 2.75. The van der Waals surface area contributed by atoms with Crippen molar-refractivity contribution >= 4 is 11.6 Å². The predicted octanol–water partition coefficient (Wildman–Crippen LogP) is 3.06. The van der Waals surface area contributed by atoms with Crippen LogP contribution in [0, 0.1) is 17.5 Å². The number of aliphatic hydroxyl groups excluding tert-OH is 1. The van der Waals surface area contributed by atoms with E-state index in [4.69, 9.17) is 11.6 Å². The molecule has 1 aromatic heterocycles. The molecule has 0 saturated carbocycles. The van der Waals surface area contributed by atoms with Gasteiger partial charge in [-0.15, -0.1) is 0 Å². The van der Waals surface area contributed by atoms with Crippen molar-refractivity contribution in [2.24, 2.45) is 0 Å². The first kappa shape index (κ1) is 13.9. The molecule has 0 aliphatic carbocycles. The lowest BCUT2D eigenvalue weighted by Crippen LogP contribution is -2.12. The molecule has 0 saturated heterocycles. The number of benzene rings is 1. The Labute approximate surface area is 112 Å². The van der Waals surface area contributed by atoms with Gasteiger partial charge < -0.3 is 5.11 Å². The van der Waals surface area contributed by atoms with E-state index < -0.39 is 29.1 Å². The first-order valence-electron chi connectivity index (χ1n) is 5.50. The van der Waals surface area contributed by atoms with Crippen molar-refractivity contribution < 1.29 is 18.3 Å². The summed E-state index contributed by atoms with van der Waals surface area (Å²) in [5.41, 5.74) is -0.259. The first-order chi connectivity index (χ1) is 8.97. The number of aliphatic hydroxyl groups is 1. The van der Waals surface area contributed by atoms with Gasteiger partial charge in [-0.3, -0.25) is 4.68 Å². The third kappa shape index (κ3) is 2.33. The van der Waals surface area contributed by atoms with Crippen molar-refractivity contribution in [1.82, 2.24) is 9.78 Å². The standard InChI is InChI=1S/C12H10ClF3N2O/c1-2-18-11(7(13)5-17-18)12(19)6-3-4-8(14)10(16)9(6)15/h3-5,12,19H,2H2,1H3. The molecule has 2 aromatic rings. The van der Waals surface area contributed by atoms with Crippen molar-refractivity contribution in [3.05, 3.63) is 52.1 Å². The number of rotatable bonds is 3. The van der Waals surface area contributed by atoms with Gasteiger partial charge in [-0.25, -0.2) is 13.2 Å². The molecule has 0 spiro atoms. The van der Waals surface area contributed by atoms with Crippen LogP contribution in [0.25, 0.3) is 0 Å². The van der Waals surface area contributed by atoms with Gasteiger partial charge in [0.1, 0.15) is 6.10 Å². The van der Waals surface area contributed by atoms with Gasteiger partial charge in [-0.2, -0.15) is 5.10 Å². The minimum absolute atomic E-state index is 0.124. The van der Waals surface area contributed by atoms with Crippen molar-refractivity contribution in [2.75, 3.05) is 0 Å². The number of halogens is 4. The van der Waals surface area contributed by atoms with E-state index in [9.17, 15) is 18.3 Å². The van der Waals surface area contributed by atoms with Crippen molar-refractivity contribution in [1.29, 1.82) is 0 Å². The van der Waals surface area contributed by atoms with Gasteiger partial charge in [0.05, 0.1) is 16.9 Å². The monoisotopic (exact) mass is 290 g/mol. The molecule has 0 amide bonds. The predicted molar refractivity (Wildman–Crippen MR) is 63.3 cm³/mol. The van der Waals surface area contributed by atoms with E-state index in [0.717, 1.165) is 12.1 Å². The second-order valence-electron chi connectivity index (χ2n) is 3.86. The molecule has 3 nitrogen and oxygen atoms in total. The van der Waals surface area contributed by atoms with E-state index in [1.165, 1.54) is 10.9 Å². The summed E-state index contributed by atoms with van der Waals surface area (Å²) in [6.07, 6.45) is -0.230. The Morgan fingerprint density at radius 1 is 1.32 bits per heavy atom. The summed E-state index contributed by atoms with van der Waals surface area (Å²) in [7, 11) is 0. The van der Waals surface area contributed by atoms with Crippen LogP contribution in [0.3, 0.4) is 0 Å². The largest absolute Gasteiger partial charge is 0.382 e. The molecule has 7 heteroatoms. The normalized spacial score (nSPS) is 12.7. The second kappa shape index (κ2) is 5.22. The van der Waals surface area contributed by atoms with Crippen LogP contribution in [0.15, 0.2) is 18.3 Å². The van der Waals surface area contributed by atoms with Crippen LogP contribution in [0.1, 0.15) is 24.3 Å².